The third-order valence-electron chi connectivity index (χ3n) is 5.07. The Morgan fingerprint density at radius 2 is 2.11 bits per heavy atom. The lowest BCUT2D eigenvalue weighted by Crippen LogP contribution is -2.33. The monoisotopic (exact) mass is 413 g/mol. The topological polar surface area (TPSA) is 64.0 Å². The van der Waals surface area contributed by atoms with E-state index in [1.165, 1.54) is 22.2 Å². The molecular formula is C21H23N3O2S2. The van der Waals surface area contributed by atoms with E-state index in [1.807, 2.05) is 44.2 Å². The Morgan fingerprint density at radius 1 is 1.32 bits per heavy atom. The average molecular weight is 414 g/mol. The maximum Gasteiger partial charge on any atom is 0.267 e. The quantitative estimate of drug-likeness (QED) is 0.491. The highest BCUT2D eigenvalue weighted by Gasteiger charge is 2.24. The minimum atomic E-state index is -0.0398. The second-order valence-electron chi connectivity index (χ2n) is 7.07. The predicted octanol–water partition coefficient (Wildman–Crippen LogP) is 3.94. The van der Waals surface area contributed by atoms with Crippen molar-refractivity contribution in [3.63, 3.8) is 0 Å². The van der Waals surface area contributed by atoms with Crippen molar-refractivity contribution in [2.75, 3.05) is 5.75 Å². The molecule has 1 N–H and O–H groups in total. The molecule has 0 fully saturated rings. The predicted molar refractivity (Wildman–Crippen MR) is 116 cm³/mol. The molecule has 0 saturated carbocycles. The molecule has 0 saturated heterocycles. The smallest absolute Gasteiger partial charge is 0.267 e. The number of thioether (sulfide) groups is 1. The Bertz CT molecular complexity index is 1070. The fourth-order valence-electron chi connectivity index (χ4n) is 3.47. The molecule has 1 amide bonds. The van der Waals surface area contributed by atoms with Crippen molar-refractivity contribution in [3.05, 3.63) is 51.1 Å². The summed E-state index contributed by atoms with van der Waals surface area (Å²) in [5.74, 6) is 0.196. The minimum absolute atomic E-state index is 0.0274. The molecule has 0 unspecified atom stereocenters. The zero-order chi connectivity index (χ0) is 19.7. The summed E-state index contributed by atoms with van der Waals surface area (Å²) in [4.78, 5) is 32.6. The average Bonchev–Trinajstić information content (AvgIpc) is 3.27. The number of para-hydroxylation sites is 1. The van der Waals surface area contributed by atoms with Gasteiger partial charge in [0.25, 0.3) is 5.56 Å². The normalized spacial score (nSPS) is 14.2. The van der Waals surface area contributed by atoms with Crippen LogP contribution in [0.4, 0.5) is 0 Å². The number of aromatic nitrogens is 2. The van der Waals surface area contributed by atoms with Gasteiger partial charge in [-0.3, -0.25) is 14.2 Å². The molecule has 1 atom stereocenters. The van der Waals surface area contributed by atoms with Crippen LogP contribution in [0.25, 0.3) is 15.9 Å². The lowest BCUT2D eigenvalue weighted by molar-refractivity contribution is -0.119. The molecule has 2 heterocycles. The van der Waals surface area contributed by atoms with Gasteiger partial charge in [0.2, 0.25) is 5.91 Å². The molecule has 0 radical (unpaired) electrons. The summed E-state index contributed by atoms with van der Waals surface area (Å²) in [5, 5.41) is 4.30. The van der Waals surface area contributed by atoms with Crippen molar-refractivity contribution in [1.82, 2.24) is 14.9 Å². The Balaban J connectivity index is 1.76. The molecule has 3 aromatic rings. The minimum Gasteiger partial charge on any atom is -0.353 e. The first-order valence-corrected chi connectivity index (χ1v) is 11.4. The first kappa shape index (κ1) is 19.2. The van der Waals surface area contributed by atoms with E-state index in [4.69, 9.17) is 4.98 Å². The van der Waals surface area contributed by atoms with E-state index in [-0.39, 0.29) is 23.3 Å². The van der Waals surface area contributed by atoms with Crippen molar-refractivity contribution in [2.24, 2.45) is 0 Å². The highest BCUT2D eigenvalue weighted by atomic mass is 32.2. The molecule has 1 aliphatic rings. The molecule has 0 bridgehead atoms. The number of carbonyl (C=O) groups excluding carboxylic acids is 1. The van der Waals surface area contributed by atoms with Crippen molar-refractivity contribution in [2.45, 2.75) is 50.7 Å². The van der Waals surface area contributed by atoms with Crippen molar-refractivity contribution in [3.8, 4) is 5.69 Å². The Hall–Kier alpha value is -2.12. The van der Waals surface area contributed by atoms with Gasteiger partial charge in [0.05, 0.1) is 16.8 Å². The molecule has 146 valence electrons. The Kier molecular flexibility index (Phi) is 5.55. The second kappa shape index (κ2) is 8.09. The van der Waals surface area contributed by atoms with Crippen molar-refractivity contribution < 1.29 is 4.79 Å². The zero-order valence-corrected chi connectivity index (χ0v) is 17.7. The number of nitrogens with one attached hydrogen (secondary N) is 1. The summed E-state index contributed by atoms with van der Waals surface area (Å²) in [5.41, 5.74) is 1.93. The summed E-state index contributed by atoms with van der Waals surface area (Å²) in [6.07, 6.45) is 3.97. The number of benzene rings is 1. The number of hydrogen-bond donors (Lipinski definition) is 1. The van der Waals surface area contributed by atoms with E-state index in [0.29, 0.717) is 5.16 Å². The summed E-state index contributed by atoms with van der Waals surface area (Å²) < 4.78 is 1.66. The summed E-state index contributed by atoms with van der Waals surface area (Å²) in [6.45, 7) is 4.02. The van der Waals surface area contributed by atoms with Crippen molar-refractivity contribution >= 4 is 39.2 Å². The largest absolute Gasteiger partial charge is 0.353 e. The van der Waals surface area contributed by atoms with Gasteiger partial charge in [-0.15, -0.1) is 11.3 Å². The van der Waals surface area contributed by atoms with E-state index < -0.39 is 0 Å². The van der Waals surface area contributed by atoms with E-state index in [2.05, 4.69) is 5.32 Å². The van der Waals surface area contributed by atoms with Crippen LogP contribution in [-0.4, -0.2) is 27.3 Å². The van der Waals surface area contributed by atoms with Gasteiger partial charge in [-0.2, -0.15) is 0 Å². The third-order valence-corrected chi connectivity index (χ3v) is 7.20. The van der Waals surface area contributed by atoms with Gasteiger partial charge in [0, 0.05) is 10.9 Å². The molecular weight excluding hydrogens is 390 g/mol. The van der Waals surface area contributed by atoms with Crippen LogP contribution in [0, 0.1) is 0 Å². The number of rotatable bonds is 6. The first-order valence-electron chi connectivity index (χ1n) is 9.63. The highest BCUT2D eigenvalue weighted by molar-refractivity contribution is 7.99. The van der Waals surface area contributed by atoms with Gasteiger partial charge >= 0.3 is 0 Å². The number of nitrogens with zero attached hydrogens (tertiary/aromatic N) is 2. The molecule has 7 heteroatoms. The van der Waals surface area contributed by atoms with Crippen LogP contribution >= 0.6 is 23.1 Å². The maximum absolute atomic E-state index is 13.5. The third kappa shape index (κ3) is 3.61. The number of thiophene rings is 1. The van der Waals surface area contributed by atoms with Gasteiger partial charge in [-0.1, -0.05) is 36.9 Å². The molecule has 28 heavy (non-hydrogen) atoms. The van der Waals surface area contributed by atoms with Crippen LogP contribution in [0.3, 0.4) is 0 Å². The van der Waals surface area contributed by atoms with Gasteiger partial charge in [0.15, 0.2) is 5.16 Å². The molecule has 5 nitrogen and oxygen atoms in total. The molecule has 1 aliphatic carbocycles. The maximum atomic E-state index is 13.5. The number of amides is 1. The van der Waals surface area contributed by atoms with Gasteiger partial charge in [-0.25, -0.2) is 4.98 Å². The Labute approximate surface area is 172 Å². The molecule has 4 rings (SSSR count). The lowest BCUT2D eigenvalue weighted by Gasteiger charge is -2.14. The fourth-order valence-corrected chi connectivity index (χ4v) is 5.60. The van der Waals surface area contributed by atoms with Gasteiger partial charge in [-0.05, 0) is 50.3 Å². The molecule has 0 aliphatic heterocycles. The fraction of sp³-hybridized carbons (Fsp3) is 0.381. The summed E-state index contributed by atoms with van der Waals surface area (Å²) >= 11 is 2.95. The van der Waals surface area contributed by atoms with Gasteiger partial charge in [0.1, 0.15) is 4.83 Å². The second-order valence-corrected chi connectivity index (χ2v) is 9.10. The molecule has 2 aromatic heterocycles. The number of aryl methyl sites for hydroxylation is 2. The summed E-state index contributed by atoms with van der Waals surface area (Å²) in [7, 11) is 0. The highest BCUT2D eigenvalue weighted by Crippen LogP contribution is 2.36. The van der Waals surface area contributed by atoms with Gasteiger partial charge < -0.3 is 5.32 Å². The standard InChI is InChI=1S/C21H23N3O2S2/c1-3-13(2)22-17(25)12-27-21-23-19-18(15-10-7-11-16(15)28-19)20(26)24(21)14-8-5-4-6-9-14/h4-6,8-9,13H,3,7,10-12H2,1-2H3,(H,22,25)/t13-/m1/s1. The zero-order valence-electron chi connectivity index (χ0n) is 16.0. The number of hydrogen-bond acceptors (Lipinski definition) is 5. The van der Waals surface area contributed by atoms with Crippen LogP contribution in [0.2, 0.25) is 0 Å². The van der Waals surface area contributed by atoms with E-state index in [0.717, 1.165) is 41.6 Å². The van der Waals surface area contributed by atoms with Crippen LogP contribution in [0.15, 0.2) is 40.3 Å². The van der Waals surface area contributed by atoms with Crippen LogP contribution in [0.5, 0.6) is 0 Å². The van der Waals surface area contributed by atoms with E-state index >= 15 is 0 Å². The number of carbonyl (C=O) groups is 1. The first-order chi connectivity index (χ1) is 13.6. The summed E-state index contributed by atoms with van der Waals surface area (Å²) in [6, 6.07) is 9.70. The molecule has 1 aromatic carbocycles. The Morgan fingerprint density at radius 3 is 2.86 bits per heavy atom. The van der Waals surface area contributed by atoms with E-state index in [9.17, 15) is 9.59 Å². The number of fused-ring (bicyclic) bond motifs is 3. The van der Waals surface area contributed by atoms with Crippen molar-refractivity contribution in [1.29, 1.82) is 0 Å². The van der Waals surface area contributed by atoms with Crippen LogP contribution < -0.4 is 10.9 Å². The van der Waals surface area contributed by atoms with Crippen LogP contribution in [0.1, 0.15) is 37.1 Å². The van der Waals surface area contributed by atoms with E-state index in [1.54, 1.807) is 15.9 Å². The molecule has 0 spiro atoms. The van der Waals surface area contributed by atoms with Crippen LogP contribution in [-0.2, 0) is 17.6 Å². The SMILES string of the molecule is CC[C@@H](C)NC(=O)CSc1nc2sc3c(c2c(=O)n1-c1ccccc1)CCC3. The lowest BCUT2D eigenvalue weighted by atomic mass is 10.2.